The van der Waals surface area contributed by atoms with Gasteiger partial charge < -0.3 is 10.1 Å². The Morgan fingerprint density at radius 2 is 2.21 bits per heavy atom. The fourth-order valence-electron chi connectivity index (χ4n) is 1.78. The van der Waals surface area contributed by atoms with Crippen molar-refractivity contribution >= 4 is 16.6 Å². The van der Waals surface area contributed by atoms with Crippen LogP contribution in [0.1, 0.15) is 5.56 Å². The molecule has 0 bridgehead atoms. The standard InChI is InChI=1S/C11H10N2O/c1-2-4-10-9(3-1)11-8(5-12-10)6-14-7-13-11/h1-5,13H,6-7H2. The van der Waals surface area contributed by atoms with Gasteiger partial charge in [0, 0.05) is 17.1 Å². The summed E-state index contributed by atoms with van der Waals surface area (Å²) < 4.78 is 5.29. The minimum Gasteiger partial charge on any atom is -0.362 e. The first-order valence-electron chi connectivity index (χ1n) is 4.63. The number of pyridine rings is 1. The summed E-state index contributed by atoms with van der Waals surface area (Å²) in [5.41, 5.74) is 3.33. The predicted molar refractivity (Wildman–Crippen MR) is 55.0 cm³/mol. The Labute approximate surface area is 81.7 Å². The summed E-state index contributed by atoms with van der Waals surface area (Å²) in [6.45, 7) is 1.24. The van der Waals surface area contributed by atoms with Gasteiger partial charge in [-0.3, -0.25) is 4.98 Å². The van der Waals surface area contributed by atoms with Gasteiger partial charge in [0.15, 0.2) is 0 Å². The molecule has 1 aliphatic heterocycles. The molecule has 0 atom stereocenters. The van der Waals surface area contributed by atoms with Gasteiger partial charge in [0.1, 0.15) is 6.73 Å². The highest BCUT2D eigenvalue weighted by molar-refractivity contribution is 5.92. The summed E-state index contributed by atoms with van der Waals surface area (Å²) in [6.07, 6.45) is 1.88. The molecule has 3 nitrogen and oxygen atoms in total. The van der Waals surface area contributed by atoms with E-state index in [0.717, 1.165) is 11.1 Å². The van der Waals surface area contributed by atoms with Crippen LogP contribution >= 0.6 is 0 Å². The van der Waals surface area contributed by atoms with Crippen LogP contribution in [0.2, 0.25) is 0 Å². The Balaban J connectivity index is 2.34. The molecule has 14 heavy (non-hydrogen) atoms. The number of aromatic nitrogens is 1. The normalized spacial score (nSPS) is 14.9. The molecule has 1 aliphatic rings. The van der Waals surface area contributed by atoms with E-state index >= 15 is 0 Å². The van der Waals surface area contributed by atoms with Crippen molar-refractivity contribution < 1.29 is 4.74 Å². The van der Waals surface area contributed by atoms with Crippen LogP contribution in [0.5, 0.6) is 0 Å². The largest absolute Gasteiger partial charge is 0.362 e. The van der Waals surface area contributed by atoms with Gasteiger partial charge in [0.2, 0.25) is 0 Å². The van der Waals surface area contributed by atoms with Crippen molar-refractivity contribution in [2.45, 2.75) is 6.61 Å². The zero-order valence-electron chi connectivity index (χ0n) is 7.66. The minimum atomic E-state index is 0.584. The van der Waals surface area contributed by atoms with Crippen LogP contribution in [-0.2, 0) is 11.3 Å². The lowest BCUT2D eigenvalue weighted by Crippen LogP contribution is -2.14. The molecule has 1 aromatic heterocycles. The molecule has 0 saturated carbocycles. The number of fused-ring (bicyclic) bond motifs is 3. The lowest BCUT2D eigenvalue weighted by atomic mass is 10.1. The number of ether oxygens (including phenoxy) is 1. The third kappa shape index (κ3) is 1.06. The summed E-state index contributed by atoms with van der Waals surface area (Å²) in [6, 6.07) is 8.13. The second-order valence-corrected chi connectivity index (χ2v) is 3.35. The van der Waals surface area contributed by atoms with Gasteiger partial charge in [-0.05, 0) is 6.07 Å². The topological polar surface area (TPSA) is 34.1 Å². The molecular weight excluding hydrogens is 176 g/mol. The molecule has 0 aliphatic carbocycles. The summed E-state index contributed by atoms with van der Waals surface area (Å²) in [5.74, 6) is 0. The van der Waals surface area contributed by atoms with Gasteiger partial charge in [-0.1, -0.05) is 18.2 Å². The second-order valence-electron chi connectivity index (χ2n) is 3.35. The van der Waals surface area contributed by atoms with Crippen LogP contribution in [0, 0.1) is 0 Å². The molecule has 0 saturated heterocycles. The number of hydrogen-bond donors (Lipinski definition) is 1. The molecule has 0 fully saturated rings. The van der Waals surface area contributed by atoms with Crippen molar-refractivity contribution in [2.75, 3.05) is 12.0 Å². The number of rotatable bonds is 0. The first-order chi connectivity index (χ1) is 6.95. The van der Waals surface area contributed by atoms with Gasteiger partial charge >= 0.3 is 0 Å². The van der Waals surface area contributed by atoms with Crippen LogP contribution in [0.3, 0.4) is 0 Å². The number of nitrogens with zero attached hydrogens (tertiary/aromatic N) is 1. The SMILES string of the molecule is c1ccc2c3c(cnc2c1)COCN3. The van der Waals surface area contributed by atoms with Crippen LogP contribution in [0.4, 0.5) is 5.69 Å². The molecule has 3 rings (SSSR count). The smallest absolute Gasteiger partial charge is 0.116 e. The van der Waals surface area contributed by atoms with E-state index in [0.29, 0.717) is 13.3 Å². The third-order valence-corrected chi connectivity index (χ3v) is 2.46. The fraction of sp³-hybridized carbons (Fsp3) is 0.182. The van der Waals surface area contributed by atoms with E-state index in [4.69, 9.17) is 4.74 Å². The van der Waals surface area contributed by atoms with E-state index in [1.807, 2.05) is 24.4 Å². The third-order valence-electron chi connectivity index (χ3n) is 2.46. The first-order valence-corrected chi connectivity index (χ1v) is 4.63. The van der Waals surface area contributed by atoms with Gasteiger partial charge in [0.25, 0.3) is 0 Å². The quantitative estimate of drug-likeness (QED) is 0.684. The lowest BCUT2D eigenvalue weighted by Gasteiger charge is -2.19. The van der Waals surface area contributed by atoms with Crippen LogP contribution < -0.4 is 5.32 Å². The van der Waals surface area contributed by atoms with Crippen LogP contribution in [-0.4, -0.2) is 11.7 Å². The number of anilines is 1. The Morgan fingerprint density at radius 1 is 1.29 bits per heavy atom. The van der Waals surface area contributed by atoms with Crippen LogP contribution in [0.25, 0.3) is 10.9 Å². The highest BCUT2D eigenvalue weighted by Gasteiger charge is 2.11. The van der Waals surface area contributed by atoms with Crippen molar-refractivity contribution in [2.24, 2.45) is 0 Å². The van der Waals surface area contributed by atoms with E-state index in [9.17, 15) is 0 Å². The molecule has 2 heterocycles. The summed E-state index contributed by atoms with van der Waals surface area (Å²) in [5, 5.41) is 4.42. The van der Waals surface area contributed by atoms with Gasteiger partial charge in [0.05, 0.1) is 17.8 Å². The van der Waals surface area contributed by atoms with E-state index in [1.54, 1.807) is 0 Å². The Kier molecular flexibility index (Phi) is 1.64. The van der Waals surface area contributed by atoms with E-state index < -0.39 is 0 Å². The fourth-order valence-corrected chi connectivity index (χ4v) is 1.78. The van der Waals surface area contributed by atoms with Crippen molar-refractivity contribution in [1.29, 1.82) is 0 Å². The van der Waals surface area contributed by atoms with Gasteiger partial charge in [-0.15, -0.1) is 0 Å². The summed E-state index contributed by atoms with van der Waals surface area (Å²) >= 11 is 0. The Bertz CT molecular complexity index is 482. The van der Waals surface area contributed by atoms with Crippen molar-refractivity contribution in [1.82, 2.24) is 4.98 Å². The molecule has 0 radical (unpaired) electrons. The number of hydrogen-bond acceptors (Lipinski definition) is 3. The van der Waals surface area contributed by atoms with Crippen molar-refractivity contribution in [3.63, 3.8) is 0 Å². The zero-order chi connectivity index (χ0) is 9.38. The summed E-state index contributed by atoms with van der Waals surface area (Å²) in [4.78, 5) is 4.37. The molecule has 70 valence electrons. The maximum atomic E-state index is 5.29. The van der Waals surface area contributed by atoms with Crippen LogP contribution in [0.15, 0.2) is 30.5 Å². The molecule has 0 spiro atoms. The lowest BCUT2D eigenvalue weighted by molar-refractivity contribution is 0.130. The van der Waals surface area contributed by atoms with Crippen molar-refractivity contribution in [3.05, 3.63) is 36.0 Å². The molecule has 1 aromatic carbocycles. The maximum absolute atomic E-state index is 5.29. The first kappa shape index (κ1) is 7.76. The number of benzene rings is 1. The predicted octanol–water partition coefficient (Wildman–Crippen LogP) is 2.13. The molecule has 3 heteroatoms. The monoisotopic (exact) mass is 186 g/mol. The number of para-hydroxylation sites is 1. The highest BCUT2D eigenvalue weighted by Crippen LogP contribution is 2.28. The minimum absolute atomic E-state index is 0.584. The molecule has 0 unspecified atom stereocenters. The molecule has 1 N–H and O–H groups in total. The molecule has 2 aromatic rings. The van der Waals surface area contributed by atoms with E-state index in [1.165, 1.54) is 11.1 Å². The second kappa shape index (κ2) is 2.96. The zero-order valence-corrected chi connectivity index (χ0v) is 7.66. The average Bonchev–Trinajstić information content (AvgIpc) is 2.29. The van der Waals surface area contributed by atoms with Gasteiger partial charge in [-0.25, -0.2) is 0 Å². The maximum Gasteiger partial charge on any atom is 0.116 e. The molecular formula is C11H10N2O. The average molecular weight is 186 g/mol. The number of nitrogens with one attached hydrogen (secondary N) is 1. The van der Waals surface area contributed by atoms with E-state index in [-0.39, 0.29) is 0 Å². The van der Waals surface area contributed by atoms with E-state index in [2.05, 4.69) is 16.4 Å². The molecule has 0 amide bonds. The Hall–Kier alpha value is -1.61. The Morgan fingerprint density at radius 3 is 3.21 bits per heavy atom. The van der Waals surface area contributed by atoms with Crippen molar-refractivity contribution in [3.8, 4) is 0 Å². The summed E-state index contributed by atoms with van der Waals surface area (Å²) in [7, 11) is 0. The van der Waals surface area contributed by atoms with Gasteiger partial charge in [-0.2, -0.15) is 0 Å². The highest BCUT2D eigenvalue weighted by atomic mass is 16.5.